The Morgan fingerprint density at radius 2 is 1.95 bits per heavy atom. The highest BCUT2D eigenvalue weighted by Gasteiger charge is 2.75. The average Bonchev–Trinajstić information content (AvgIpc) is 3.44. The molecule has 4 rings (SSSR count). The number of rotatable bonds is 12. The summed E-state index contributed by atoms with van der Waals surface area (Å²) in [6.07, 6.45) is 3.81. The largest absolute Gasteiger partial charge is 0.494 e. The van der Waals surface area contributed by atoms with Gasteiger partial charge in [-0.25, -0.2) is 0 Å². The summed E-state index contributed by atoms with van der Waals surface area (Å²) in [4.78, 5) is 43.1. The molecule has 0 saturated carbocycles. The number of amides is 3. The van der Waals surface area contributed by atoms with E-state index in [1.54, 1.807) is 16.7 Å². The summed E-state index contributed by atoms with van der Waals surface area (Å²) in [6, 6.07) is 6.66. The molecule has 0 aromatic heterocycles. The second kappa shape index (κ2) is 11.6. The molecular formula is C28H41N3O5S. The Kier molecular flexibility index (Phi) is 8.74. The van der Waals surface area contributed by atoms with Gasteiger partial charge in [-0.1, -0.05) is 20.3 Å². The fourth-order valence-electron chi connectivity index (χ4n) is 6.61. The standard InChI is InChI=1S/C28H41N3O5S/c1-5-9-18(4)29-26(34)24-28-17(3)16-21(37-28)22(23(28)27(35)31(24)14-7-8-15-32)25(33)30-19-10-12-20(13-11-19)36-6-2/h10-13,17-18,21-24,32H,5-9,14-16H2,1-4H3,(H,29,34)(H,30,33)/t17?,18?,21-,22+,23+,24?,28?/m1/s1. The van der Waals surface area contributed by atoms with E-state index in [-0.39, 0.29) is 41.5 Å². The van der Waals surface area contributed by atoms with E-state index >= 15 is 0 Å². The molecule has 3 saturated heterocycles. The van der Waals surface area contributed by atoms with Gasteiger partial charge in [0.2, 0.25) is 17.7 Å². The minimum Gasteiger partial charge on any atom is -0.494 e. The number of aliphatic hydroxyl groups excluding tert-OH is 1. The monoisotopic (exact) mass is 531 g/mol. The molecule has 0 aliphatic carbocycles. The first kappa shape index (κ1) is 27.8. The molecule has 7 atom stereocenters. The van der Waals surface area contributed by atoms with Crippen LogP contribution in [0.2, 0.25) is 0 Å². The van der Waals surface area contributed by atoms with E-state index in [9.17, 15) is 19.5 Å². The van der Waals surface area contributed by atoms with Gasteiger partial charge in [0.1, 0.15) is 11.8 Å². The predicted octanol–water partition coefficient (Wildman–Crippen LogP) is 3.44. The van der Waals surface area contributed by atoms with Crippen LogP contribution in [0.5, 0.6) is 5.75 Å². The SMILES string of the molecule is CCCC(C)NC(=O)C1N(CCCCO)C(=O)[C@@H]2[C@@H](C(=O)Nc3ccc(OCC)cc3)[C@H]3CC(C)C12S3. The van der Waals surface area contributed by atoms with Crippen molar-refractivity contribution < 1.29 is 24.2 Å². The van der Waals surface area contributed by atoms with Crippen LogP contribution >= 0.6 is 11.8 Å². The van der Waals surface area contributed by atoms with Crippen LogP contribution in [-0.2, 0) is 14.4 Å². The van der Waals surface area contributed by atoms with Crippen molar-refractivity contribution in [2.75, 3.05) is 25.1 Å². The second-order valence-electron chi connectivity index (χ2n) is 10.7. The van der Waals surface area contributed by atoms with Crippen LogP contribution in [0.3, 0.4) is 0 Å². The van der Waals surface area contributed by atoms with Crippen LogP contribution in [0.25, 0.3) is 0 Å². The number of carbonyl (C=O) groups is 3. The third kappa shape index (κ3) is 5.09. The lowest BCUT2D eigenvalue weighted by atomic mass is 9.65. The maximum Gasteiger partial charge on any atom is 0.244 e. The van der Waals surface area contributed by atoms with Gasteiger partial charge in [0.05, 0.1) is 23.2 Å². The predicted molar refractivity (Wildman–Crippen MR) is 145 cm³/mol. The van der Waals surface area contributed by atoms with E-state index in [0.29, 0.717) is 31.7 Å². The molecule has 4 unspecified atom stereocenters. The maximum atomic E-state index is 14.0. The maximum absolute atomic E-state index is 14.0. The Morgan fingerprint density at radius 1 is 1.22 bits per heavy atom. The number of carbonyl (C=O) groups excluding carboxylic acids is 3. The average molecular weight is 532 g/mol. The quantitative estimate of drug-likeness (QED) is 0.357. The van der Waals surface area contributed by atoms with Gasteiger partial charge in [-0.05, 0) is 69.7 Å². The molecule has 3 N–H and O–H groups in total. The zero-order chi connectivity index (χ0) is 26.7. The number of likely N-dealkylation sites (tertiary alicyclic amines) is 1. The minimum absolute atomic E-state index is 0.00500. The number of ether oxygens (including phenoxy) is 1. The summed E-state index contributed by atoms with van der Waals surface area (Å²) in [5.41, 5.74) is 0.663. The number of anilines is 1. The lowest BCUT2D eigenvalue weighted by Crippen LogP contribution is -2.57. The number of hydrogen-bond acceptors (Lipinski definition) is 6. The number of thioether (sulfide) groups is 1. The van der Waals surface area contributed by atoms with Crippen molar-refractivity contribution in [1.29, 1.82) is 0 Å². The number of nitrogens with one attached hydrogen (secondary N) is 2. The van der Waals surface area contributed by atoms with Gasteiger partial charge in [0, 0.05) is 30.1 Å². The highest BCUT2D eigenvalue weighted by Crippen LogP contribution is 2.68. The number of aliphatic hydroxyl groups is 1. The molecule has 3 aliphatic rings. The summed E-state index contributed by atoms with van der Waals surface area (Å²) >= 11 is 1.68. The molecule has 8 nitrogen and oxygen atoms in total. The van der Waals surface area contributed by atoms with Crippen LogP contribution in [0.1, 0.15) is 59.8 Å². The van der Waals surface area contributed by atoms with Crippen molar-refractivity contribution in [1.82, 2.24) is 10.2 Å². The number of nitrogens with zero attached hydrogens (tertiary/aromatic N) is 1. The van der Waals surface area contributed by atoms with E-state index in [4.69, 9.17) is 4.74 Å². The van der Waals surface area contributed by atoms with E-state index in [2.05, 4.69) is 24.5 Å². The van der Waals surface area contributed by atoms with Gasteiger partial charge in [0.25, 0.3) is 0 Å². The van der Waals surface area contributed by atoms with Crippen molar-refractivity contribution in [2.24, 2.45) is 17.8 Å². The van der Waals surface area contributed by atoms with Gasteiger partial charge in [-0.3, -0.25) is 14.4 Å². The van der Waals surface area contributed by atoms with Crippen molar-refractivity contribution in [2.45, 2.75) is 81.9 Å². The van der Waals surface area contributed by atoms with E-state index in [0.717, 1.165) is 25.0 Å². The number of hydrogen-bond donors (Lipinski definition) is 3. The summed E-state index contributed by atoms with van der Waals surface area (Å²) in [7, 11) is 0. The number of unbranched alkanes of at least 4 members (excludes halogenated alkanes) is 1. The zero-order valence-electron chi connectivity index (χ0n) is 22.4. The Morgan fingerprint density at radius 3 is 2.59 bits per heavy atom. The first-order valence-electron chi connectivity index (χ1n) is 13.7. The summed E-state index contributed by atoms with van der Waals surface area (Å²) in [6.45, 7) is 9.15. The van der Waals surface area contributed by atoms with Crippen molar-refractivity contribution in [3.05, 3.63) is 24.3 Å². The molecule has 9 heteroatoms. The summed E-state index contributed by atoms with van der Waals surface area (Å²) in [5.74, 6) is -0.551. The lowest BCUT2D eigenvalue weighted by Gasteiger charge is -2.39. The zero-order valence-corrected chi connectivity index (χ0v) is 23.2. The van der Waals surface area contributed by atoms with Gasteiger partial charge < -0.3 is 25.4 Å². The molecule has 1 aromatic carbocycles. The fourth-order valence-corrected chi connectivity index (χ4v) is 9.03. The van der Waals surface area contributed by atoms with Crippen LogP contribution in [0.15, 0.2) is 24.3 Å². The van der Waals surface area contributed by atoms with Gasteiger partial charge in [-0.2, -0.15) is 0 Å². The van der Waals surface area contributed by atoms with Crippen molar-refractivity contribution in [3.63, 3.8) is 0 Å². The Balaban J connectivity index is 1.61. The number of fused-ring (bicyclic) bond motifs is 1. The van der Waals surface area contributed by atoms with E-state index in [1.165, 1.54) is 0 Å². The van der Waals surface area contributed by atoms with Gasteiger partial charge in [0.15, 0.2) is 0 Å². The van der Waals surface area contributed by atoms with Crippen LogP contribution in [-0.4, -0.2) is 69.6 Å². The Hall–Kier alpha value is -2.26. The molecule has 3 fully saturated rings. The summed E-state index contributed by atoms with van der Waals surface area (Å²) in [5, 5.41) is 15.5. The molecule has 204 valence electrons. The van der Waals surface area contributed by atoms with Crippen LogP contribution < -0.4 is 15.4 Å². The molecule has 3 heterocycles. The Bertz CT molecular complexity index is 989. The summed E-state index contributed by atoms with van der Waals surface area (Å²) < 4.78 is 4.87. The van der Waals surface area contributed by atoms with Gasteiger partial charge in [-0.15, -0.1) is 11.8 Å². The lowest BCUT2D eigenvalue weighted by molar-refractivity contribution is -0.139. The topological polar surface area (TPSA) is 108 Å². The van der Waals surface area contributed by atoms with Crippen LogP contribution in [0, 0.1) is 17.8 Å². The first-order valence-corrected chi connectivity index (χ1v) is 14.6. The van der Waals surface area contributed by atoms with Crippen molar-refractivity contribution >= 4 is 35.2 Å². The highest BCUT2D eigenvalue weighted by molar-refractivity contribution is 8.02. The molecule has 1 spiro atoms. The molecule has 3 aliphatic heterocycles. The van der Waals surface area contributed by atoms with E-state index < -0.39 is 22.6 Å². The molecule has 2 bridgehead atoms. The minimum atomic E-state index is -0.627. The normalized spacial score (nSPS) is 30.8. The molecule has 37 heavy (non-hydrogen) atoms. The van der Waals surface area contributed by atoms with Crippen LogP contribution in [0.4, 0.5) is 5.69 Å². The fraction of sp³-hybridized carbons (Fsp3) is 0.679. The number of benzene rings is 1. The second-order valence-corrected chi connectivity index (χ2v) is 12.2. The smallest absolute Gasteiger partial charge is 0.244 e. The third-order valence-electron chi connectivity index (χ3n) is 8.15. The van der Waals surface area contributed by atoms with E-state index in [1.807, 2.05) is 38.1 Å². The molecule has 3 amide bonds. The highest BCUT2D eigenvalue weighted by atomic mass is 32.2. The molecule has 1 aromatic rings. The molecule has 0 radical (unpaired) electrons. The van der Waals surface area contributed by atoms with Gasteiger partial charge >= 0.3 is 0 Å². The first-order chi connectivity index (χ1) is 17.8. The Labute approximate surface area is 224 Å². The van der Waals surface area contributed by atoms with Crippen molar-refractivity contribution in [3.8, 4) is 5.75 Å². The molecular weight excluding hydrogens is 490 g/mol. The third-order valence-corrected chi connectivity index (χ3v) is 10.2.